The lowest BCUT2D eigenvalue weighted by Crippen LogP contribution is -2.51. The van der Waals surface area contributed by atoms with Crippen LogP contribution >= 0.6 is 11.8 Å². The number of nitrogens with zero attached hydrogens (tertiary/aromatic N) is 2. The molecule has 208 valence electrons. The van der Waals surface area contributed by atoms with Gasteiger partial charge >= 0.3 is 0 Å². The Labute approximate surface area is 229 Å². The van der Waals surface area contributed by atoms with Gasteiger partial charge in [-0.05, 0) is 63.1 Å². The van der Waals surface area contributed by atoms with Crippen molar-refractivity contribution in [3.8, 4) is 0 Å². The summed E-state index contributed by atoms with van der Waals surface area (Å²) in [7, 11) is -3.97. The van der Waals surface area contributed by atoms with Crippen molar-refractivity contribution in [1.29, 1.82) is 0 Å². The molecule has 1 amide bonds. The number of benzene rings is 2. The number of carbonyl (C=O) groups excluding carboxylic acids is 1. The van der Waals surface area contributed by atoms with Crippen molar-refractivity contribution in [2.45, 2.75) is 60.1 Å². The lowest BCUT2D eigenvalue weighted by Gasteiger charge is -2.32. The molecule has 2 aromatic rings. The Hall–Kier alpha value is -1.99. The first-order valence-corrected chi connectivity index (χ1v) is 15.3. The number of sulfonamides is 1. The Morgan fingerprint density at radius 3 is 2.37 bits per heavy atom. The zero-order valence-electron chi connectivity index (χ0n) is 22.0. The number of ether oxygens (including phenoxy) is 2. The van der Waals surface area contributed by atoms with Crippen molar-refractivity contribution < 1.29 is 27.5 Å². The van der Waals surface area contributed by atoms with Crippen LogP contribution in [0.5, 0.6) is 0 Å². The molecule has 2 aromatic carbocycles. The molecule has 0 saturated carbocycles. The molecule has 2 heterocycles. The number of aryl methyl sites for hydroxylation is 1. The number of hydrogen-bond donors (Lipinski definition) is 1. The monoisotopic (exact) mass is 563 g/mol. The number of hydroxylamine groups is 1. The second-order valence-electron chi connectivity index (χ2n) is 9.51. The summed E-state index contributed by atoms with van der Waals surface area (Å²) in [4.78, 5) is 22.7. The van der Waals surface area contributed by atoms with E-state index in [-0.39, 0.29) is 11.4 Å². The van der Waals surface area contributed by atoms with E-state index in [2.05, 4.69) is 10.4 Å². The fourth-order valence-corrected chi connectivity index (χ4v) is 6.69. The predicted octanol–water partition coefficient (Wildman–Crippen LogP) is 3.43. The first kappa shape index (κ1) is 29.0. The lowest BCUT2D eigenvalue weighted by molar-refractivity contribution is -0.201. The largest absolute Gasteiger partial charge is 0.379 e. The number of amides is 1. The van der Waals surface area contributed by atoms with E-state index >= 15 is 0 Å². The van der Waals surface area contributed by atoms with Gasteiger partial charge in [-0.3, -0.25) is 9.69 Å². The maximum atomic E-state index is 13.8. The molecule has 0 aromatic heterocycles. The normalized spacial score (nSPS) is 19.8. The standard InChI is InChI=1S/C27H37N3O6S2/c1-21-6-8-23(9-7-21)37-24-10-12-25(13-11-24)38(32,33)30(15-14-29-16-19-34-20-17-29)22(2)27(31)28-36-26-5-3-4-18-35-26/h6-13,22,26H,3-5,14-20H2,1-2H3,(H,28,31)/t22-,26?/m1/s1. The van der Waals surface area contributed by atoms with Crippen LogP contribution in [-0.2, 0) is 29.1 Å². The smallest absolute Gasteiger partial charge is 0.261 e. The van der Waals surface area contributed by atoms with Gasteiger partial charge in [0.25, 0.3) is 5.91 Å². The number of hydrogen-bond acceptors (Lipinski definition) is 8. The third-order valence-corrected chi connectivity index (χ3v) is 9.67. The maximum absolute atomic E-state index is 13.8. The van der Waals surface area contributed by atoms with Gasteiger partial charge in [-0.2, -0.15) is 4.31 Å². The molecule has 11 heteroatoms. The zero-order chi connectivity index (χ0) is 27.0. The van der Waals surface area contributed by atoms with Gasteiger partial charge in [-0.25, -0.2) is 18.7 Å². The summed E-state index contributed by atoms with van der Waals surface area (Å²) in [5.41, 5.74) is 3.61. The Bertz CT molecular complexity index is 1130. The molecule has 0 aliphatic carbocycles. The SMILES string of the molecule is Cc1ccc(Sc2ccc(S(=O)(=O)N(CCN3CCOCC3)[C@H](C)C(=O)NOC3CCCCO3)cc2)cc1. The van der Waals surface area contributed by atoms with E-state index in [4.69, 9.17) is 14.3 Å². The van der Waals surface area contributed by atoms with Crippen molar-refractivity contribution in [3.63, 3.8) is 0 Å². The minimum Gasteiger partial charge on any atom is -0.379 e. The minimum absolute atomic E-state index is 0.143. The van der Waals surface area contributed by atoms with Gasteiger partial charge in [0.2, 0.25) is 10.0 Å². The first-order chi connectivity index (χ1) is 18.3. The molecule has 2 atom stereocenters. The lowest BCUT2D eigenvalue weighted by atomic mass is 10.2. The molecule has 2 aliphatic rings. The van der Waals surface area contributed by atoms with E-state index < -0.39 is 28.3 Å². The van der Waals surface area contributed by atoms with Gasteiger partial charge in [0.15, 0.2) is 6.29 Å². The molecule has 2 aliphatic heterocycles. The molecule has 1 unspecified atom stereocenters. The Morgan fingerprint density at radius 1 is 1.08 bits per heavy atom. The number of carbonyl (C=O) groups is 1. The van der Waals surface area contributed by atoms with Gasteiger partial charge in [-0.1, -0.05) is 29.5 Å². The van der Waals surface area contributed by atoms with Crippen molar-refractivity contribution >= 4 is 27.7 Å². The third-order valence-electron chi connectivity index (χ3n) is 6.67. The molecular weight excluding hydrogens is 526 g/mol. The molecule has 2 saturated heterocycles. The second kappa shape index (κ2) is 13.9. The molecule has 4 rings (SSSR count). The van der Waals surface area contributed by atoms with Crippen LogP contribution in [-0.4, -0.2) is 81.9 Å². The fraction of sp³-hybridized carbons (Fsp3) is 0.519. The maximum Gasteiger partial charge on any atom is 0.261 e. The van der Waals surface area contributed by atoms with Gasteiger partial charge in [0.1, 0.15) is 6.04 Å². The van der Waals surface area contributed by atoms with E-state index in [9.17, 15) is 13.2 Å². The highest BCUT2D eigenvalue weighted by Gasteiger charge is 2.34. The minimum atomic E-state index is -3.97. The Balaban J connectivity index is 1.47. The summed E-state index contributed by atoms with van der Waals surface area (Å²) in [6.07, 6.45) is 2.08. The average molecular weight is 564 g/mol. The van der Waals surface area contributed by atoms with Crippen molar-refractivity contribution in [3.05, 3.63) is 54.1 Å². The van der Waals surface area contributed by atoms with Crippen LogP contribution in [0, 0.1) is 6.92 Å². The van der Waals surface area contributed by atoms with Crippen LogP contribution < -0.4 is 5.48 Å². The molecule has 0 radical (unpaired) electrons. The number of rotatable bonds is 11. The average Bonchev–Trinajstić information content (AvgIpc) is 2.94. The Kier molecular flexibility index (Phi) is 10.6. The Morgan fingerprint density at radius 2 is 1.74 bits per heavy atom. The summed E-state index contributed by atoms with van der Waals surface area (Å²) in [6.45, 7) is 7.52. The van der Waals surface area contributed by atoms with E-state index in [0.717, 1.165) is 35.7 Å². The number of morpholine rings is 1. The summed E-state index contributed by atoms with van der Waals surface area (Å²) < 4.78 is 39.8. The summed E-state index contributed by atoms with van der Waals surface area (Å²) in [5.74, 6) is -0.531. The van der Waals surface area contributed by atoms with E-state index in [1.54, 1.807) is 43.0 Å². The molecular formula is C27H37N3O6S2. The summed E-state index contributed by atoms with van der Waals surface area (Å²) in [5, 5.41) is 0. The second-order valence-corrected chi connectivity index (χ2v) is 12.6. The van der Waals surface area contributed by atoms with Crippen LogP contribution in [0.2, 0.25) is 0 Å². The summed E-state index contributed by atoms with van der Waals surface area (Å²) in [6, 6.07) is 14.0. The molecule has 38 heavy (non-hydrogen) atoms. The first-order valence-electron chi connectivity index (χ1n) is 13.1. The van der Waals surface area contributed by atoms with E-state index in [1.807, 2.05) is 31.2 Å². The van der Waals surface area contributed by atoms with Crippen LogP contribution in [0.4, 0.5) is 0 Å². The fourth-order valence-electron chi connectivity index (χ4n) is 4.29. The zero-order valence-corrected chi connectivity index (χ0v) is 23.6. The van der Waals surface area contributed by atoms with Crippen molar-refractivity contribution in [2.75, 3.05) is 46.0 Å². The van der Waals surface area contributed by atoms with Crippen LogP contribution in [0.15, 0.2) is 63.2 Å². The highest BCUT2D eigenvalue weighted by molar-refractivity contribution is 7.99. The molecule has 2 fully saturated rings. The van der Waals surface area contributed by atoms with Crippen LogP contribution in [0.1, 0.15) is 31.7 Å². The van der Waals surface area contributed by atoms with Crippen molar-refractivity contribution in [1.82, 2.24) is 14.7 Å². The van der Waals surface area contributed by atoms with Gasteiger partial charge in [0, 0.05) is 49.0 Å². The molecule has 0 bridgehead atoms. The quantitative estimate of drug-likeness (QED) is 0.416. The highest BCUT2D eigenvalue weighted by atomic mass is 32.2. The van der Waals surface area contributed by atoms with Gasteiger partial charge in [0.05, 0.1) is 18.1 Å². The van der Waals surface area contributed by atoms with Crippen LogP contribution in [0.25, 0.3) is 0 Å². The third kappa shape index (κ3) is 8.01. The van der Waals surface area contributed by atoms with Gasteiger partial charge < -0.3 is 9.47 Å². The number of nitrogens with one attached hydrogen (secondary N) is 1. The van der Waals surface area contributed by atoms with Gasteiger partial charge in [-0.15, -0.1) is 0 Å². The molecule has 9 nitrogen and oxygen atoms in total. The topological polar surface area (TPSA) is 97.4 Å². The van der Waals surface area contributed by atoms with Crippen molar-refractivity contribution in [2.24, 2.45) is 0 Å². The highest BCUT2D eigenvalue weighted by Crippen LogP contribution is 2.29. The van der Waals surface area contributed by atoms with E-state index in [0.29, 0.717) is 32.8 Å². The van der Waals surface area contributed by atoms with Crippen LogP contribution in [0.3, 0.4) is 0 Å². The molecule has 0 spiro atoms. The predicted molar refractivity (Wildman–Crippen MR) is 145 cm³/mol. The van der Waals surface area contributed by atoms with E-state index in [1.165, 1.54) is 9.87 Å². The summed E-state index contributed by atoms with van der Waals surface area (Å²) >= 11 is 1.56. The molecule has 1 N–H and O–H groups in total.